The molecule has 1 N–H and O–H groups in total. The van der Waals surface area contributed by atoms with Gasteiger partial charge in [0.2, 0.25) is 0 Å². The predicted molar refractivity (Wildman–Crippen MR) is 68.3 cm³/mol. The Bertz CT molecular complexity index is 344. The highest BCUT2D eigenvalue weighted by Gasteiger charge is 2.11. The Kier molecular flexibility index (Phi) is 4.13. The van der Waals surface area contributed by atoms with Gasteiger partial charge in [-0.15, -0.1) is 6.58 Å². The van der Waals surface area contributed by atoms with Crippen LogP contribution in [-0.2, 0) is 0 Å². The Hall–Kier alpha value is -0.350. The predicted octanol–water partition coefficient (Wildman–Crippen LogP) is 3.60. The minimum Gasteiger partial charge on any atom is -0.388 e. The highest BCUT2D eigenvalue weighted by atomic mass is 127. The maximum absolute atomic E-state index is 9.93. The van der Waals surface area contributed by atoms with Gasteiger partial charge in [0.15, 0.2) is 0 Å². The second-order valence-corrected chi connectivity index (χ2v) is 4.73. The van der Waals surface area contributed by atoms with Crippen LogP contribution in [0.2, 0.25) is 0 Å². The molecule has 2 heteroatoms. The van der Waals surface area contributed by atoms with Crippen molar-refractivity contribution in [3.8, 4) is 0 Å². The average Bonchev–Trinajstić information content (AvgIpc) is 2.08. The Morgan fingerprint density at radius 1 is 1.57 bits per heavy atom. The fourth-order valence-electron chi connectivity index (χ4n) is 1.37. The normalized spacial score (nSPS) is 12.6. The van der Waals surface area contributed by atoms with Gasteiger partial charge in [-0.25, -0.2) is 0 Å². The van der Waals surface area contributed by atoms with Gasteiger partial charge in [-0.1, -0.05) is 23.8 Å². The van der Waals surface area contributed by atoms with E-state index >= 15 is 0 Å². The SMILES string of the molecule is C=C(C)CC(O)c1cccc(C)c1I. The molecule has 0 bridgehead atoms. The first-order valence-corrected chi connectivity index (χ1v) is 5.67. The molecule has 0 amide bonds. The number of benzene rings is 1. The second kappa shape index (κ2) is 4.94. The zero-order valence-electron chi connectivity index (χ0n) is 8.55. The van der Waals surface area contributed by atoms with Crippen LogP contribution < -0.4 is 0 Å². The van der Waals surface area contributed by atoms with Gasteiger partial charge >= 0.3 is 0 Å². The molecule has 0 radical (unpaired) electrons. The Balaban J connectivity index is 2.95. The number of halogens is 1. The van der Waals surface area contributed by atoms with Crippen molar-refractivity contribution in [3.63, 3.8) is 0 Å². The molecule has 0 heterocycles. The third-order valence-corrected chi connectivity index (χ3v) is 3.60. The fourth-order valence-corrected chi connectivity index (χ4v) is 2.09. The van der Waals surface area contributed by atoms with Crippen molar-refractivity contribution >= 4 is 22.6 Å². The number of rotatable bonds is 3. The number of aliphatic hydroxyl groups is 1. The van der Waals surface area contributed by atoms with Crippen LogP contribution >= 0.6 is 22.6 Å². The van der Waals surface area contributed by atoms with Crippen molar-refractivity contribution < 1.29 is 5.11 Å². The molecule has 0 saturated heterocycles. The maximum Gasteiger partial charge on any atom is 0.0837 e. The maximum atomic E-state index is 9.93. The molecule has 1 rings (SSSR count). The van der Waals surface area contributed by atoms with Crippen LogP contribution in [-0.4, -0.2) is 5.11 Å². The molecule has 0 aromatic heterocycles. The lowest BCUT2D eigenvalue weighted by Crippen LogP contribution is -2.01. The van der Waals surface area contributed by atoms with E-state index in [0.29, 0.717) is 6.42 Å². The van der Waals surface area contributed by atoms with E-state index in [0.717, 1.165) is 14.7 Å². The summed E-state index contributed by atoms with van der Waals surface area (Å²) in [6.45, 7) is 7.80. The van der Waals surface area contributed by atoms with Gasteiger partial charge < -0.3 is 5.11 Å². The van der Waals surface area contributed by atoms with Crippen LogP contribution in [0.5, 0.6) is 0 Å². The summed E-state index contributed by atoms with van der Waals surface area (Å²) in [6, 6.07) is 6.01. The molecule has 0 saturated carbocycles. The molecule has 1 nitrogen and oxygen atoms in total. The molecule has 0 aliphatic rings. The largest absolute Gasteiger partial charge is 0.388 e. The molecule has 0 aliphatic heterocycles. The quantitative estimate of drug-likeness (QED) is 0.668. The van der Waals surface area contributed by atoms with Gasteiger partial charge in [0.25, 0.3) is 0 Å². The first kappa shape index (κ1) is 11.7. The lowest BCUT2D eigenvalue weighted by Gasteiger charge is -2.14. The average molecular weight is 302 g/mol. The molecular weight excluding hydrogens is 287 g/mol. The molecule has 1 aromatic rings. The van der Waals surface area contributed by atoms with Crippen molar-refractivity contribution in [1.82, 2.24) is 0 Å². The molecule has 1 aromatic carbocycles. The molecule has 14 heavy (non-hydrogen) atoms. The molecular formula is C12H15IO. The lowest BCUT2D eigenvalue weighted by molar-refractivity contribution is 0.177. The van der Waals surface area contributed by atoms with Crippen LogP contribution in [0.15, 0.2) is 30.4 Å². The van der Waals surface area contributed by atoms with Gasteiger partial charge in [0.1, 0.15) is 0 Å². The standard InChI is InChI=1S/C12H15IO/c1-8(2)7-11(14)10-6-4-5-9(3)12(10)13/h4-6,11,14H,1,7H2,2-3H3. The van der Waals surface area contributed by atoms with Crippen molar-refractivity contribution in [3.05, 3.63) is 45.0 Å². The summed E-state index contributed by atoms with van der Waals surface area (Å²) in [6.07, 6.45) is 0.221. The lowest BCUT2D eigenvalue weighted by atomic mass is 10.0. The molecule has 0 spiro atoms. The van der Waals surface area contributed by atoms with Crippen LogP contribution in [0.25, 0.3) is 0 Å². The number of hydrogen-bond acceptors (Lipinski definition) is 1. The minimum atomic E-state index is -0.417. The zero-order chi connectivity index (χ0) is 10.7. The smallest absolute Gasteiger partial charge is 0.0837 e. The summed E-state index contributed by atoms with van der Waals surface area (Å²) in [7, 11) is 0. The van der Waals surface area contributed by atoms with Crippen molar-refractivity contribution in [2.24, 2.45) is 0 Å². The molecule has 0 fully saturated rings. The highest BCUT2D eigenvalue weighted by molar-refractivity contribution is 14.1. The molecule has 0 aliphatic carbocycles. The van der Waals surface area contributed by atoms with E-state index in [-0.39, 0.29) is 0 Å². The van der Waals surface area contributed by atoms with Gasteiger partial charge in [-0.05, 0) is 54.0 Å². The van der Waals surface area contributed by atoms with Crippen LogP contribution in [0.4, 0.5) is 0 Å². The van der Waals surface area contributed by atoms with E-state index in [1.54, 1.807) is 0 Å². The summed E-state index contributed by atoms with van der Waals surface area (Å²) in [5.41, 5.74) is 3.23. The Morgan fingerprint density at radius 3 is 2.79 bits per heavy atom. The zero-order valence-corrected chi connectivity index (χ0v) is 10.7. The van der Waals surface area contributed by atoms with E-state index in [4.69, 9.17) is 0 Å². The Morgan fingerprint density at radius 2 is 2.21 bits per heavy atom. The molecule has 76 valence electrons. The third kappa shape index (κ3) is 2.82. The van der Waals surface area contributed by atoms with Gasteiger partial charge in [-0.3, -0.25) is 0 Å². The van der Waals surface area contributed by atoms with E-state index in [2.05, 4.69) is 42.2 Å². The fraction of sp³-hybridized carbons (Fsp3) is 0.333. The topological polar surface area (TPSA) is 20.2 Å². The summed E-state index contributed by atoms with van der Waals surface area (Å²) >= 11 is 2.28. The monoisotopic (exact) mass is 302 g/mol. The van der Waals surface area contributed by atoms with Crippen LogP contribution in [0, 0.1) is 10.5 Å². The summed E-state index contributed by atoms with van der Waals surface area (Å²) in [4.78, 5) is 0. The van der Waals surface area contributed by atoms with Crippen molar-refractivity contribution in [1.29, 1.82) is 0 Å². The van der Waals surface area contributed by atoms with Crippen molar-refractivity contribution in [2.45, 2.75) is 26.4 Å². The summed E-state index contributed by atoms with van der Waals surface area (Å²) in [5.74, 6) is 0. The van der Waals surface area contributed by atoms with E-state index in [9.17, 15) is 5.11 Å². The first-order chi connectivity index (χ1) is 6.52. The van der Waals surface area contributed by atoms with E-state index < -0.39 is 6.10 Å². The van der Waals surface area contributed by atoms with Crippen LogP contribution in [0.3, 0.4) is 0 Å². The highest BCUT2D eigenvalue weighted by Crippen LogP contribution is 2.26. The van der Waals surface area contributed by atoms with Gasteiger partial charge in [-0.2, -0.15) is 0 Å². The Labute approximate surface area is 99.0 Å². The second-order valence-electron chi connectivity index (χ2n) is 3.66. The number of hydrogen-bond donors (Lipinski definition) is 1. The van der Waals surface area contributed by atoms with E-state index in [1.165, 1.54) is 5.56 Å². The van der Waals surface area contributed by atoms with Crippen LogP contribution in [0.1, 0.15) is 30.6 Å². The summed E-state index contributed by atoms with van der Waals surface area (Å²) < 4.78 is 1.15. The molecule has 1 atom stereocenters. The first-order valence-electron chi connectivity index (χ1n) is 4.60. The summed E-state index contributed by atoms with van der Waals surface area (Å²) in [5, 5.41) is 9.93. The molecule has 1 unspecified atom stereocenters. The number of aryl methyl sites for hydroxylation is 1. The number of aliphatic hydroxyl groups excluding tert-OH is 1. The van der Waals surface area contributed by atoms with Gasteiger partial charge in [0.05, 0.1) is 6.10 Å². The van der Waals surface area contributed by atoms with Crippen molar-refractivity contribution in [2.75, 3.05) is 0 Å². The third-order valence-electron chi connectivity index (χ3n) is 2.12. The van der Waals surface area contributed by atoms with Gasteiger partial charge in [0, 0.05) is 3.57 Å². The minimum absolute atomic E-state index is 0.417. The van der Waals surface area contributed by atoms with E-state index in [1.807, 2.05) is 19.1 Å².